The van der Waals surface area contributed by atoms with Gasteiger partial charge in [0.2, 0.25) is 0 Å². The number of nitriles is 1. The van der Waals surface area contributed by atoms with Crippen molar-refractivity contribution >= 4 is 43.6 Å². The van der Waals surface area contributed by atoms with Crippen LogP contribution in [0.3, 0.4) is 0 Å². The van der Waals surface area contributed by atoms with Crippen LogP contribution in [0.15, 0.2) is 158 Å². The van der Waals surface area contributed by atoms with Gasteiger partial charge in [-0.3, -0.25) is 0 Å². The lowest BCUT2D eigenvalue weighted by Crippen LogP contribution is -2.11. The molecular weight excluding hydrogens is 748 g/mol. The third-order valence-electron chi connectivity index (χ3n) is 11.6. The first-order valence-corrected chi connectivity index (χ1v) is 20.0. The molecule has 3 nitrogen and oxygen atoms in total. The average molecular weight is 786 g/mol. The van der Waals surface area contributed by atoms with Gasteiger partial charge >= 0.3 is 6.18 Å². The first-order valence-electron chi connectivity index (χ1n) is 20.0. The summed E-state index contributed by atoms with van der Waals surface area (Å²) in [7, 11) is 0. The zero-order valence-corrected chi connectivity index (χ0v) is 33.5. The Morgan fingerprint density at radius 3 is 1.32 bits per heavy atom. The lowest BCUT2D eigenvalue weighted by atomic mass is 9.96. The third kappa shape index (κ3) is 6.13. The standard InChI is InChI=1S/C54H38F3N3/c1-32-20-33(2)23-40(22-32)37-16-18-45-43-12-5-7-14-47(43)59(49(45)27-37)51-29-42(54(55,56)57)30-52(53(51)39-11-9-10-36(26-39)31-58)60-48-15-8-6-13-44(48)46-19-17-38(28-50(46)60)41-24-34(3)21-35(4)25-41/h5-30H,1-4H3. The van der Waals surface area contributed by atoms with E-state index in [9.17, 15) is 5.26 Å². The van der Waals surface area contributed by atoms with Crippen molar-refractivity contribution in [2.24, 2.45) is 0 Å². The SMILES string of the molecule is Cc1cc(C)cc(-c2ccc3c4ccccc4n(-c4cc(C(F)(F)F)cc(-n5c6ccccc6c6ccc(-c7cc(C)cc(C)c7)cc65)c4-c4cccc(C#N)c4)c3c2)c1. The molecule has 0 aliphatic heterocycles. The molecule has 2 aromatic heterocycles. The summed E-state index contributed by atoms with van der Waals surface area (Å²) in [6.07, 6.45) is -4.69. The molecule has 0 unspecified atom stereocenters. The molecule has 0 atom stereocenters. The summed E-state index contributed by atoms with van der Waals surface area (Å²) in [5.74, 6) is 0. The van der Waals surface area contributed by atoms with Gasteiger partial charge in [-0.15, -0.1) is 0 Å². The molecule has 0 saturated carbocycles. The van der Waals surface area contributed by atoms with Gasteiger partial charge in [-0.05, 0) is 104 Å². The van der Waals surface area contributed by atoms with Crippen molar-refractivity contribution in [1.82, 2.24) is 9.13 Å². The molecule has 0 N–H and O–H groups in total. The summed E-state index contributed by atoms with van der Waals surface area (Å²) in [5.41, 5.74) is 13.1. The molecule has 0 aliphatic rings. The van der Waals surface area contributed by atoms with Crippen LogP contribution in [0, 0.1) is 39.0 Å². The Hall–Kier alpha value is -7.36. The lowest BCUT2D eigenvalue weighted by Gasteiger charge is -2.23. The molecule has 10 rings (SSSR count). The first kappa shape index (κ1) is 36.9. The van der Waals surface area contributed by atoms with Gasteiger partial charge in [0.25, 0.3) is 0 Å². The van der Waals surface area contributed by atoms with E-state index in [4.69, 9.17) is 0 Å². The van der Waals surface area contributed by atoms with E-state index in [1.54, 1.807) is 18.2 Å². The van der Waals surface area contributed by atoms with Crippen LogP contribution in [0.1, 0.15) is 33.4 Å². The molecule has 8 aromatic carbocycles. The van der Waals surface area contributed by atoms with Gasteiger partial charge in [-0.1, -0.05) is 131 Å². The summed E-state index contributed by atoms with van der Waals surface area (Å²) in [6, 6.07) is 53.1. The zero-order valence-electron chi connectivity index (χ0n) is 33.5. The highest BCUT2D eigenvalue weighted by molar-refractivity contribution is 6.13. The summed E-state index contributed by atoms with van der Waals surface area (Å²) in [5, 5.41) is 13.9. The molecule has 0 bridgehead atoms. The van der Waals surface area contributed by atoms with Crippen LogP contribution < -0.4 is 0 Å². The smallest absolute Gasteiger partial charge is 0.309 e. The van der Waals surface area contributed by atoms with Gasteiger partial charge in [0, 0.05) is 27.1 Å². The van der Waals surface area contributed by atoms with E-state index in [2.05, 4.69) is 107 Å². The minimum Gasteiger partial charge on any atom is -0.309 e. The fourth-order valence-corrected chi connectivity index (χ4v) is 9.27. The van der Waals surface area contributed by atoms with Crippen LogP contribution in [0.4, 0.5) is 13.2 Å². The van der Waals surface area contributed by atoms with Gasteiger partial charge in [-0.25, -0.2) is 0 Å². The highest BCUT2D eigenvalue weighted by Crippen LogP contribution is 2.46. The highest BCUT2D eigenvalue weighted by atomic mass is 19.4. The van der Waals surface area contributed by atoms with Gasteiger partial charge in [-0.2, -0.15) is 18.4 Å². The van der Waals surface area contributed by atoms with Crippen LogP contribution in [0.2, 0.25) is 0 Å². The van der Waals surface area contributed by atoms with Crippen molar-refractivity contribution in [2.75, 3.05) is 0 Å². The Balaban J connectivity index is 1.39. The molecular formula is C54H38F3N3. The Labute approximate surface area is 345 Å². The summed E-state index contributed by atoms with van der Waals surface area (Å²) in [4.78, 5) is 0. The van der Waals surface area contributed by atoms with Crippen LogP contribution in [-0.2, 0) is 6.18 Å². The number of fused-ring (bicyclic) bond motifs is 6. The Morgan fingerprint density at radius 2 is 0.867 bits per heavy atom. The minimum atomic E-state index is -4.69. The van der Waals surface area contributed by atoms with Crippen LogP contribution in [0.5, 0.6) is 0 Å². The number of rotatable bonds is 5. The topological polar surface area (TPSA) is 33.6 Å². The molecule has 0 aliphatic carbocycles. The van der Waals surface area contributed by atoms with Gasteiger partial charge in [0.15, 0.2) is 0 Å². The number of halogens is 3. The van der Waals surface area contributed by atoms with E-state index in [1.165, 1.54) is 12.1 Å². The monoisotopic (exact) mass is 785 g/mol. The maximum absolute atomic E-state index is 15.6. The van der Waals surface area contributed by atoms with E-state index in [0.29, 0.717) is 28.1 Å². The maximum Gasteiger partial charge on any atom is 0.416 e. The average Bonchev–Trinajstić information content (AvgIpc) is 3.74. The third-order valence-corrected chi connectivity index (χ3v) is 11.6. The number of aryl methyl sites for hydroxylation is 4. The number of nitrogens with zero attached hydrogens (tertiary/aromatic N) is 3. The molecule has 0 saturated heterocycles. The van der Waals surface area contributed by atoms with Gasteiger partial charge in [0.05, 0.1) is 50.6 Å². The number of benzene rings is 8. The molecule has 0 radical (unpaired) electrons. The van der Waals surface area contributed by atoms with Crippen molar-refractivity contribution in [3.05, 3.63) is 191 Å². The minimum absolute atomic E-state index is 0.357. The number of hydrogen-bond donors (Lipinski definition) is 0. The van der Waals surface area contributed by atoms with Gasteiger partial charge < -0.3 is 9.13 Å². The molecule has 10 aromatic rings. The molecule has 0 spiro atoms. The largest absolute Gasteiger partial charge is 0.416 e. The van der Waals surface area contributed by atoms with Crippen LogP contribution in [-0.4, -0.2) is 9.13 Å². The fraction of sp³-hybridized carbons (Fsp3) is 0.0926. The number of para-hydroxylation sites is 2. The van der Waals surface area contributed by atoms with E-state index in [1.807, 2.05) is 63.7 Å². The fourth-order valence-electron chi connectivity index (χ4n) is 9.27. The Bertz CT molecular complexity index is 3200. The Morgan fingerprint density at radius 1 is 0.417 bits per heavy atom. The predicted molar refractivity (Wildman–Crippen MR) is 240 cm³/mol. The first-order chi connectivity index (χ1) is 28.9. The van der Waals surface area contributed by atoms with E-state index in [0.717, 1.165) is 88.1 Å². The van der Waals surface area contributed by atoms with E-state index in [-0.39, 0.29) is 0 Å². The lowest BCUT2D eigenvalue weighted by molar-refractivity contribution is -0.137. The highest BCUT2D eigenvalue weighted by Gasteiger charge is 2.34. The summed E-state index contributed by atoms with van der Waals surface area (Å²) < 4.78 is 50.8. The van der Waals surface area contributed by atoms with Crippen molar-refractivity contribution in [3.8, 4) is 50.8 Å². The number of aromatic nitrogens is 2. The van der Waals surface area contributed by atoms with Crippen molar-refractivity contribution in [2.45, 2.75) is 33.9 Å². The normalized spacial score (nSPS) is 11.9. The molecule has 0 fully saturated rings. The molecule has 2 heterocycles. The van der Waals surface area contributed by atoms with Crippen molar-refractivity contribution in [3.63, 3.8) is 0 Å². The van der Waals surface area contributed by atoms with E-state index < -0.39 is 11.7 Å². The second kappa shape index (κ2) is 13.9. The Kier molecular flexibility index (Phi) is 8.55. The molecule has 0 amide bonds. The second-order valence-electron chi connectivity index (χ2n) is 16.0. The quantitative estimate of drug-likeness (QED) is 0.171. The second-order valence-corrected chi connectivity index (χ2v) is 16.0. The number of alkyl halides is 3. The van der Waals surface area contributed by atoms with Crippen molar-refractivity contribution < 1.29 is 13.2 Å². The molecule has 290 valence electrons. The van der Waals surface area contributed by atoms with Crippen LogP contribution >= 0.6 is 0 Å². The summed E-state index contributed by atoms with van der Waals surface area (Å²) >= 11 is 0. The number of hydrogen-bond acceptors (Lipinski definition) is 1. The summed E-state index contributed by atoms with van der Waals surface area (Å²) in [6.45, 7) is 8.27. The zero-order chi connectivity index (χ0) is 41.4. The molecule has 6 heteroatoms. The predicted octanol–water partition coefficient (Wildman–Crippen LogP) is 15.0. The van der Waals surface area contributed by atoms with E-state index >= 15 is 13.2 Å². The van der Waals surface area contributed by atoms with Crippen LogP contribution in [0.25, 0.3) is 88.4 Å². The maximum atomic E-state index is 15.6. The van der Waals surface area contributed by atoms with Gasteiger partial charge in [0.1, 0.15) is 0 Å². The van der Waals surface area contributed by atoms with Crippen molar-refractivity contribution in [1.29, 1.82) is 5.26 Å². The molecule has 60 heavy (non-hydrogen) atoms.